The van der Waals surface area contributed by atoms with Gasteiger partial charge < -0.3 is 5.32 Å². The van der Waals surface area contributed by atoms with Crippen LogP contribution in [0.4, 0.5) is 11.5 Å². The Labute approximate surface area is 114 Å². The minimum atomic E-state index is -0.393. The minimum Gasteiger partial charge on any atom is -0.364 e. The van der Waals surface area contributed by atoms with Gasteiger partial charge >= 0.3 is 5.69 Å². The fourth-order valence-corrected chi connectivity index (χ4v) is 1.94. The number of aromatic nitrogens is 1. The first kappa shape index (κ1) is 15.4. The average Bonchev–Trinajstić information content (AvgIpc) is 2.37. The van der Waals surface area contributed by atoms with Gasteiger partial charge in [-0.15, -0.1) is 0 Å². The van der Waals surface area contributed by atoms with Gasteiger partial charge in [0.05, 0.1) is 4.92 Å². The molecule has 0 spiro atoms. The molecule has 0 aliphatic rings. The maximum absolute atomic E-state index is 10.9. The van der Waals surface area contributed by atoms with Crippen LogP contribution in [0.15, 0.2) is 12.1 Å². The van der Waals surface area contributed by atoms with Gasteiger partial charge in [0.2, 0.25) is 5.82 Å². The third-order valence-corrected chi connectivity index (χ3v) is 3.03. The Balaban J connectivity index is 2.36. The largest absolute Gasteiger partial charge is 0.364 e. The average molecular weight is 265 g/mol. The molecule has 0 radical (unpaired) electrons. The lowest BCUT2D eigenvalue weighted by Crippen LogP contribution is -2.06. The van der Waals surface area contributed by atoms with Crippen LogP contribution in [0.3, 0.4) is 0 Å². The summed E-state index contributed by atoms with van der Waals surface area (Å²) in [5, 5.41) is 13.9. The van der Waals surface area contributed by atoms with Crippen LogP contribution in [0, 0.1) is 17.0 Å². The topological polar surface area (TPSA) is 68.1 Å². The van der Waals surface area contributed by atoms with E-state index in [1.165, 1.54) is 31.7 Å². The van der Waals surface area contributed by atoms with Crippen molar-refractivity contribution in [3.8, 4) is 0 Å². The van der Waals surface area contributed by atoms with Crippen LogP contribution in [0.1, 0.15) is 51.1 Å². The summed E-state index contributed by atoms with van der Waals surface area (Å²) < 4.78 is 0. The fraction of sp³-hybridized carbons (Fsp3) is 0.643. The number of hydrogen-bond donors (Lipinski definition) is 1. The summed E-state index contributed by atoms with van der Waals surface area (Å²) in [5.41, 5.74) is 0.840. The predicted molar refractivity (Wildman–Crippen MR) is 77.5 cm³/mol. The number of nitro groups is 1. The zero-order valence-electron chi connectivity index (χ0n) is 11.8. The summed E-state index contributed by atoms with van der Waals surface area (Å²) in [6, 6.07) is 3.17. The molecule has 0 aliphatic heterocycles. The second-order valence-corrected chi connectivity index (χ2v) is 4.77. The molecule has 0 unspecified atom stereocenters. The highest BCUT2D eigenvalue weighted by Gasteiger charge is 2.14. The van der Waals surface area contributed by atoms with Crippen LogP contribution in [0.2, 0.25) is 0 Å². The van der Waals surface area contributed by atoms with Gasteiger partial charge in [0.15, 0.2) is 0 Å². The van der Waals surface area contributed by atoms with Crippen LogP contribution in [0.5, 0.6) is 0 Å². The molecule has 1 rings (SSSR count). The van der Waals surface area contributed by atoms with Crippen molar-refractivity contribution in [1.29, 1.82) is 0 Å². The Bertz CT molecular complexity index is 408. The van der Waals surface area contributed by atoms with Gasteiger partial charge in [-0.1, -0.05) is 39.0 Å². The van der Waals surface area contributed by atoms with E-state index < -0.39 is 4.92 Å². The number of hydrogen-bond acceptors (Lipinski definition) is 4. The number of anilines is 1. The molecule has 1 N–H and O–H groups in total. The summed E-state index contributed by atoms with van der Waals surface area (Å²) in [7, 11) is 0. The standard InChI is InChI=1S/C14H23N3O2/c1-3-4-5-6-7-8-11-15-14-13(17(18)19)10-9-12(2)16-14/h9-10H,3-8,11H2,1-2H3,(H,15,16). The summed E-state index contributed by atoms with van der Waals surface area (Å²) in [4.78, 5) is 14.7. The van der Waals surface area contributed by atoms with E-state index in [9.17, 15) is 10.1 Å². The molecule has 0 bridgehead atoms. The Hall–Kier alpha value is -1.65. The summed E-state index contributed by atoms with van der Waals surface area (Å²) in [6.45, 7) is 4.77. The molecule has 106 valence electrons. The van der Waals surface area contributed by atoms with Crippen LogP contribution in [0.25, 0.3) is 0 Å². The molecule has 5 nitrogen and oxygen atoms in total. The third-order valence-electron chi connectivity index (χ3n) is 3.03. The molecular weight excluding hydrogens is 242 g/mol. The van der Waals surface area contributed by atoms with E-state index in [0.717, 1.165) is 25.1 Å². The van der Waals surface area contributed by atoms with Gasteiger partial charge in [-0.25, -0.2) is 4.98 Å². The highest BCUT2D eigenvalue weighted by Crippen LogP contribution is 2.21. The summed E-state index contributed by atoms with van der Waals surface area (Å²) in [6.07, 6.45) is 7.23. The molecule has 1 aromatic heterocycles. The monoisotopic (exact) mass is 265 g/mol. The molecule has 0 amide bonds. The molecule has 0 saturated heterocycles. The van der Waals surface area contributed by atoms with Gasteiger partial charge in [0.25, 0.3) is 0 Å². The molecule has 5 heteroatoms. The van der Waals surface area contributed by atoms with E-state index in [-0.39, 0.29) is 5.69 Å². The highest BCUT2D eigenvalue weighted by atomic mass is 16.6. The Morgan fingerprint density at radius 3 is 2.58 bits per heavy atom. The maximum Gasteiger partial charge on any atom is 0.311 e. The van der Waals surface area contributed by atoms with Crippen LogP contribution in [-0.4, -0.2) is 16.5 Å². The first-order valence-corrected chi connectivity index (χ1v) is 7.01. The zero-order valence-corrected chi connectivity index (χ0v) is 11.8. The number of aryl methyl sites for hydroxylation is 1. The van der Waals surface area contributed by atoms with Crippen molar-refractivity contribution in [3.05, 3.63) is 27.9 Å². The van der Waals surface area contributed by atoms with E-state index in [4.69, 9.17) is 0 Å². The van der Waals surface area contributed by atoms with Crippen molar-refractivity contribution in [1.82, 2.24) is 4.98 Å². The van der Waals surface area contributed by atoms with E-state index in [1.807, 2.05) is 6.92 Å². The lowest BCUT2D eigenvalue weighted by Gasteiger charge is -2.06. The van der Waals surface area contributed by atoms with Crippen LogP contribution in [-0.2, 0) is 0 Å². The first-order valence-electron chi connectivity index (χ1n) is 7.01. The summed E-state index contributed by atoms with van der Waals surface area (Å²) >= 11 is 0. The van der Waals surface area contributed by atoms with Crippen molar-refractivity contribution < 1.29 is 4.92 Å². The van der Waals surface area contributed by atoms with E-state index in [2.05, 4.69) is 17.2 Å². The van der Waals surface area contributed by atoms with Gasteiger partial charge in [-0.05, 0) is 19.4 Å². The Morgan fingerprint density at radius 2 is 1.89 bits per heavy atom. The predicted octanol–water partition coefficient (Wildman–Crippen LogP) is 4.07. The van der Waals surface area contributed by atoms with E-state index in [0.29, 0.717) is 5.82 Å². The summed E-state index contributed by atoms with van der Waals surface area (Å²) in [5.74, 6) is 0.388. The van der Waals surface area contributed by atoms with Crippen LogP contribution < -0.4 is 5.32 Å². The molecule has 0 aliphatic carbocycles. The van der Waals surface area contributed by atoms with E-state index in [1.54, 1.807) is 6.07 Å². The Kier molecular flexibility index (Phi) is 6.85. The molecule has 0 aromatic carbocycles. The number of nitrogens with zero attached hydrogens (tertiary/aromatic N) is 2. The molecule has 1 aromatic rings. The van der Waals surface area contributed by atoms with Crippen molar-refractivity contribution in [2.75, 3.05) is 11.9 Å². The first-order chi connectivity index (χ1) is 9.15. The Morgan fingerprint density at radius 1 is 1.21 bits per heavy atom. The normalized spacial score (nSPS) is 10.4. The smallest absolute Gasteiger partial charge is 0.311 e. The van der Waals surface area contributed by atoms with Crippen LogP contribution >= 0.6 is 0 Å². The number of pyridine rings is 1. The van der Waals surface area contributed by atoms with E-state index >= 15 is 0 Å². The van der Waals surface area contributed by atoms with Gasteiger partial charge in [-0.2, -0.15) is 0 Å². The molecule has 0 saturated carbocycles. The lowest BCUT2D eigenvalue weighted by atomic mass is 10.1. The zero-order chi connectivity index (χ0) is 14.1. The fourth-order valence-electron chi connectivity index (χ4n) is 1.94. The number of unbranched alkanes of at least 4 members (excludes halogenated alkanes) is 5. The van der Waals surface area contributed by atoms with Crippen molar-refractivity contribution in [2.45, 2.75) is 52.4 Å². The second-order valence-electron chi connectivity index (χ2n) is 4.77. The second kappa shape index (κ2) is 8.45. The minimum absolute atomic E-state index is 0.0524. The van der Waals surface area contributed by atoms with Crippen molar-refractivity contribution in [2.24, 2.45) is 0 Å². The lowest BCUT2D eigenvalue weighted by molar-refractivity contribution is -0.384. The number of nitrogens with one attached hydrogen (secondary N) is 1. The maximum atomic E-state index is 10.9. The molecule has 1 heterocycles. The molecule has 19 heavy (non-hydrogen) atoms. The van der Waals surface area contributed by atoms with Gasteiger partial charge in [0, 0.05) is 18.3 Å². The van der Waals surface area contributed by atoms with Crippen molar-refractivity contribution in [3.63, 3.8) is 0 Å². The third kappa shape index (κ3) is 5.68. The molecule has 0 fully saturated rings. The van der Waals surface area contributed by atoms with Gasteiger partial charge in [-0.3, -0.25) is 10.1 Å². The van der Waals surface area contributed by atoms with Gasteiger partial charge in [0.1, 0.15) is 0 Å². The quantitative estimate of drug-likeness (QED) is 0.415. The van der Waals surface area contributed by atoms with Crippen molar-refractivity contribution >= 4 is 11.5 Å². The number of rotatable bonds is 9. The molecule has 0 atom stereocenters. The molecular formula is C14H23N3O2. The highest BCUT2D eigenvalue weighted by molar-refractivity contribution is 5.55. The SMILES string of the molecule is CCCCCCCCNc1nc(C)ccc1[N+](=O)[O-].